The number of benzene rings is 1. The fraction of sp³-hybridized carbons (Fsp3) is 0.476. The van der Waals surface area contributed by atoms with E-state index in [9.17, 15) is 14.4 Å². The molecule has 2 heterocycles. The van der Waals surface area contributed by atoms with E-state index in [1.807, 2.05) is 12.1 Å². The van der Waals surface area contributed by atoms with Crippen LogP contribution in [0.4, 0.5) is 4.79 Å². The number of aromatic nitrogens is 3. The molecule has 2 fully saturated rings. The van der Waals surface area contributed by atoms with Gasteiger partial charge in [-0.2, -0.15) is 5.01 Å². The maximum absolute atomic E-state index is 12.9. The first kappa shape index (κ1) is 23.4. The van der Waals surface area contributed by atoms with Crippen molar-refractivity contribution in [2.45, 2.75) is 49.9 Å². The summed E-state index contributed by atoms with van der Waals surface area (Å²) in [4.78, 5) is 37.6. The van der Waals surface area contributed by atoms with Crippen molar-refractivity contribution in [3.63, 3.8) is 0 Å². The van der Waals surface area contributed by atoms with Gasteiger partial charge in [0.1, 0.15) is 17.9 Å². The number of imide groups is 1. The molecule has 1 aromatic heterocycles. The van der Waals surface area contributed by atoms with Crippen molar-refractivity contribution in [2.24, 2.45) is 13.0 Å². The summed E-state index contributed by atoms with van der Waals surface area (Å²) in [6, 6.07) is 6.53. The standard InChI is InChI=1S/C21H25ClN6O4S/c1-13-7-9-21(10-8-13)18(30)28(19(31)23-21)26-17(29)12-33-20-25-24-16(27(20)2)11-32-15-6-4-3-5-14(15)22/h3-6,13H,7-12H2,1-2H3,(H,23,31)(H,26,29). The van der Waals surface area contributed by atoms with Crippen LogP contribution in [0.3, 0.4) is 0 Å². The Morgan fingerprint density at radius 3 is 2.76 bits per heavy atom. The highest BCUT2D eigenvalue weighted by Crippen LogP contribution is 2.35. The minimum atomic E-state index is -0.899. The third-order valence-corrected chi connectivity index (χ3v) is 7.31. The summed E-state index contributed by atoms with van der Waals surface area (Å²) in [5, 5.41) is 12.8. The molecule has 12 heteroatoms. The van der Waals surface area contributed by atoms with Gasteiger partial charge in [0.25, 0.3) is 5.91 Å². The molecule has 0 atom stereocenters. The summed E-state index contributed by atoms with van der Waals surface area (Å²) in [7, 11) is 1.76. The number of nitrogens with one attached hydrogen (secondary N) is 2. The van der Waals surface area contributed by atoms with Crippen molar-refractivity contribution in [3.05, 3.63) is 35.1 Å². The molecule has 1 saturated heterocycles. The van der Waals surface area contributed by atoms with Gasteiger partial charge in [0.15, 0.2) is 11.0 Å². The number of thioether (sulfide) groups is 1. The van der Waals surface area contributed by atoms with E-state index < -0.39 is 23.4 Å². The van der Waals surface area contributed by atoms with Gasteiger partial charge in [0, 0.05) is 7.05 Å². The van der Waals surface area contributed by atoms with Crippen molar-refractivity contribution < 1.29 is 19.1 Å². The number of rotatable bonds is 7. The number of halogens is 1. The van der Waals surface area contributed by atoms with Crippen LogP contribution in [0, 0.1) is 5.92 Å². The average Bonchev–Trinajstić information content (AvgIpc) is 3.26. The van der Waals surface area contributed by atoms with Gasteiger partial charge in [-0.1, -0.05) is 42.4 Å². The fourth-order valence-corrected chi connectivity index (χ4v) is 4.82. The summed E-state index contributed by atoms with van der Waals surface area (Å²) >= 11 is 7.23. The number of ether oxygens (including phenoxy) is 1. The number of urea groups is 1. The third-order valence-electron chi connectivity index (χ3n) is 5.98. The molecule has 2 aliphatic rings. The molecule has 33 heavy (non-hydrogen) atoms. The van der Waals surface area contributed by atoms with E-state index in [4.69, 9.17) is 16.3 Å². The Hall–Kier alpha value is -2.79. The van der Waals surface area contributed by atoms with Gasteiger partial charge in [0.05, 0.1) is 10.8 Å². The molecular formula is C21H25ClN6O4S. The Balaban J connectivity index is 1.30. The number of hydrogen-bond acceptors (Lipinski definition) is 7. The van der Waals surface area contributed by atoms with E-state index in [2.05, 4.69) is 27.9 Å². The number of para-hydroxylation sites is 1. The number of nitrogens with zero attached hydrogens (tertiary/aromatic N) is 4. The second kappa shape index (κ2) is 9.60. The molecule has 0 bridgehead atoms. The molecule has 1 aliphatic heterocycles. The van der Waals surface area contributed by atoms with Gasteiger partial charge in [0.2, 0.25) is 5.91 Å². The van der Waals surface area contributed by atoms with Crippen LogP contribution < -0.4 is 15.5 Å². The topological polar surface area (TPSA) is 118 Å². The van der Waals surface area contributed by atoms with Gasteiger partial charge in [-0.25, -0.2) is 4.79 Å². The highest BCUT2D eigenvalue weighted by molar-refractivity contribution is 7.99. The molecule has 1 saturated carbocycles. The zero-order chi connectivity index (χ0) is 23.6. The Labute approximate surface area is 200 Å². The van der Waals surface area contributed by atoms with Gasteiger partial charge in [-0.3, -0.25) is 15.0 Å². The zero-order valence-corrected chi connectivity index (χ0v) is 19.9. The van der Waals surface area contributed by atoms with E-state index in [0.29, 0.717) is 40.5 Å². The van der Waals surface area contributed by atoms with E-state index >= 15 is 0 Å². The minimum Gasteiger partial charge on any atom is -0.484 e. The predicted octanol–water partition coefficient (Wildman–Crippen LogP) is 2.67. The summed E-state index contributed by atoms with van der Waals surface area (Å²) in [5.41, 5.74) is 1.53. The lowest BCUT2D eigenvalue weighted by Gasteiger charge is -2.33. The SMILES string of the molecule is CC1CCC2(CC1)NC(=O)N(NC(=O)CSc1nnc(COc3ccccc3Cl)n1C)C2=O. The Morgan fingerprint density at radius 1 is 1.30 bits per heavy atom. The van der Waals surface area contributed by atoms with Crippen molar-refractivity contribution in [1.82, 2.24) is 30.5 Å². The second-order valence-corrected chi connectivity index (χ2v) is 9.69. The largest absolute Gasteiger partial charge is 0.484 e. The molecule has 4 amide bonds. The number of carbonyl (C=O) groups excluding carboxylic acids is 3. The van der Waals surface area contributed by atoms with E-state index in [1.54, 1.807) is 23.7 Å². The number of carbonyl (C=O) groups is 3. The predicted molar refractivity (Wildman–Crippen MR) is 121 cm³/mol. The summed E-state index contributed by atoms with van der Waals surface area (Å²) < 4.78 is 7.39. The van der Waals surface area contributed by atoms with E-state index in [0.717, 1.165) is 29.6 Å². The van der Waals surface area contributed by atoms with Crippen LogP contribution in [0.25, 0.3) is 0 Å². The molecule has 0 radical (unpaired) electrons. The van der Waals surface area contributed by atoms with Crippen LogP contribution in [0.1, 0.15) is 38.4 Å². The lowest BCUT2D eigenvalue weighted by Crippen LogP contribution is -2.51. The first-order valence-electron chi connectivity index (χ1n) is 10.6. The van der Waals surface area contributed by atoms with Crippen molar-refractivity contribution in [2.75, 3.05) is 5.75 Å². The zero-order valence-electron chi connectivity index (χ0n) is 18.3. The first-order chi connectivity index (χ1) is 15.8. The Bertz CT molecular complexity index is 1070. The quantitative estimate of drug-likeness (QED) is 0.450. The molecule has 0 unspecified atom stereocenters. The normalized spacial score (nSPS) is 22.5. The first-order valence-corrected chi connectivity index (χ1v) is 12.0. The van der Waals surface area contributed by atoms with Crippen LogP contribution >= 0.6 is 23.4 Å². The average molecular weight is 493 g/mol. The third kappa shape index (κ3) is 4.93. The lowest BCUT2D eigenvalue weighted by atomic mass is 9.77. The molecular weight excluding hydrogens is 468 g/mol. The second-order valence-electron chi connectivity index (χ2n) is 8.34. The fourth-order valence-electron chi connectivity index (χ4n) is 3.90. The molecule has 4 rings (SSSR count). The van der Waals surface area contributed by atoms with E-state index in [-0.39, 0.29) is 12.4 Å². The molecule has 176 valence electrons. The molecule has 1 aliphatic carbocycles. The highest BCUT2D eigenvalue weighted by atomic mass is 35.5. The van der Waals surface area contributed by atoms with Crippen LogP contribution in [-0.4, -0.2) is 48.9 Å². The molecule has 1 aromatic carbocycles. The monoisotopic (exact) mass is 492 g/mol. The number of hydrazine groups is 1. The van der Waals surface area contributed by atoms with Crippen molar-refractivity contribution in [1.29, 1.82) is 0 Å². The smallest absolute Gasteiger partial charge is 0.344 e. The van der Waals surface area contributed by atoms with Gasteiger partial charge >= 0.3 is 6.03 Å². The molecule has 2 N–H and O–H groups in total. The van der Waals surface area contributed by atoms with Crippen molar-refractivity contribution in [3.8, 4) is 5.75 Å². The maximum Gasteiger partial charge on any atom is 0.344 e. The molecule has 2 aromatic rings. The number of amides is 4. The van der Waals surface area contributed by atoms with Crippen LogP contribution in [-0.2, 0) is 23.2 Å². The highest BCUT2D eigenvalue weighted by Gasteiger charge is 2.52. The van der Waals surface area contributed by atoms with Crippen LogP contribution in [0.5, 0.6) is 5.75 Å². The maximum atomic E-state index is 12.9. The van der Waals surface area contributed by atoms with E-state index in [1.165, 1.54) is 0 Å². The summed E-state index contributed by atoms with van der Waals surface area (Å²) in [6.45, 7) is 2.29. The van der Waals surface area contributed by atoms with Crippen LogP contribution in [0.15, 0.2) is 29.4 Å². The van der Waals surface area contributed by atoms with Gasteiger partial charge < -0.3 is 14.6 Å². The Kier molecular flexibility index (Phi) is 6.80. The molecule has 10 nitrogen and oxygen atoms in total. The van der Waals surface area contributed by atoms with Gasteiger partial charge in [-0.05, 0) is 43.7 Å². The molecule has 1 spiro atoms. The Morgan fingerprint density at radius 2 is 2.03 bits per heavy atom. The number of hydrogen-bond donors (Lipinski definition) is 2. The summed E-state index contributed by atoms with van der Waals surface area (Å²) in [5.74, 6) is 0.692. The lowest BCUT2D eigenvalue weighted by molar-refractivity contribution is -0.139. The van der Waals surface area contributed by atoms with Crippen molar-refractivity contribution >= 4 is 41.2 Å². The van der Waals surface area contributed by atoms with Crippen LogP contribution in [0.2, 0.25) is 5.02 Å². The summed E-state index contributed by atoms with van der Waals surface area (Å²) in [6.07, 6.45) is 2.88. The minimum absolute atomic E-state index is 0.0432. The van der Waals surface area contributed by atoms with Gasteiger partial charge in [-0.15, -0.1) is 10.2 Å².